The third kappa shape index (κ3) is 6.83. The molecule has 0 spiro atoms. The van der Waals surface area contributed by atoms with Gasteiger partial charge in [-0.1, -0.05) is 6.42 Å². The van der Waals surface area contributed by atoms with Gasteiger partial charge >= 0.3 is 12.1 Å². The summed E-state index contributed by atoms with van der Waals surface area (Å²) < 4.78 is 68.5. The molecule has 1 saturated heterocycles. The van der Waals surface area contributed by atoms with Gasteiger partial charge in [-0.3, -0.25) is 14.6 Å². The van der Waals surface area contributed by atoms with Gasteiger partial charge in [-0.05, 0) is 38.1 Å². The number of hydrogen-bond acceptors (Lipinski definition) is 5. The lowest BCUT2D eigenvalue weighted by molar-refractivity contribution is -0.172. The van der Waals surface area contributed by atoms with Gasteiger partial charge in [-0.25, -0.2) is 4.39 Å². The molecule has 0 atom stereocenters. The number of halogens is 4. The summed E-state index contributed by atoms with van der Waals surface area (Å²) in [6, 6.07) is 3.13. The maximum atomic E-state index is 14.1. The van der Waals surface area contributed by atoms with Gasteiger partial charge in [0, 0.05) is 32.5 Å². The molecule has 0 unspecified atom stereocenters. The van der Waals surface area contributed by atoms with Crippen molar-refractivity contribution in [3.05, 3.63) is 24.0 Å². The average Bonchev–Trinajstić information content (AvgIpc) is 2.70. The molecule has 1 fully saturated rings. The lowest BCUT2D eigenvalue weighted by Gasteiger charge is -2.28. The Morgan fingerprint density at radius 2 is 1.83 bits per heavy atom. The number of amides is 1. The van der Waals surface area contributed by atoms with Crippen LogP contribution in [0.3, 0.4) is 0 Å². The van der Waals surface area contributed by atoms with E-state index in [4.69, 9.17) is 14.2 Å². The van der Waals surface area contributed by atoms with Crippen molar-refractivity contribution in [3.63, 3.8) is 0 Å². The summed E-state index contributed by atoms with van der Waals surface area (Å²) in [7, 11) is 2.48. The van der Waals surface area contributed by atoms with Gasteiger partial charge in [-0.15, -0.1) is 0 Å². The number of hydrogen-bond donors (Lipinski definition) is 0. The highest BCUT2D eigenvalue weighted by Gasteiger charge is 2.44. The fourth-order valence-electron chi connectivity index (χ4n) is 3.09. The van der Waals surface area contributed by atoms with Gasteiger partial charge in [0.25, 0.3) is 0 Å². The molecule has 6 nitrogen and oxygen atoms in total. The number of benzene rings is 1. The van der Waals surface area contributed by atoms with Gasteiger partial charge in [0.05, 0.1) is 6.54 Å². The predicted octanol–water partition coefficient (Wildman–Crippen LogP) is 3.20. The van der Waals surface area contributed by atoms with Gasteiger partial charge in [0.15, 0.2) is 17.9 Å². The quantitative estimate of drug-likeness (QED) is 0.452. The maximum Gasteiger partial charge on any atom is 0.471 e. The molecule has 0 aromatic heterocycles. The van der Waals surface area contributed by atoms with Crippen LogP contribution in [0.2, 0.25) is 0 Å². The number of nitrogens with zero attached hydrogens (tertiary/aromatic N) is 2. The summed E-state index contributed by atoms with van der Waals surface area (Å²) in [5.74, 6) is -3.05. The maximum absolute atomic E-state index is 14.1. The first-order chi connectivity index (χ1) is 13.8. The van der Waals surface area contributed by atoms with Crippen LogP contribution in [0.4, 0.5) is 23.2 Å². The van der Waals surface area contributed by atoms with Crippen molar-refractivity contribution in [1.82, 2.24) is 4.90 Å². The lowest BCUT2D eigenvalue weighted by atomic mass is 10.1. The molecule has 164 valence electrons. The Kier molecular flexibility index (Phi) is 8.66. The molecule has 29 heavy (non-hydrogen) atoms. The van der Waals surface area contributed by atoms with E-state index in [1.165, 1.54) is 20.6 Å². The molecule has 2 rings (SSSR count). The number of carbonyl (C=O) groups is 1. The molecule has 1 amide bonds. The fraction of sp³-hybridized carbons (Fsp3) is 0.632. The van der Waals surface area contributed by atoms with E-state index in [9.17, 15) is 22.4 Å². The molecule has 1 aromatic rings. The van der Waals surface area contributed by atoms with Crippen LogP contribution in [-0.2, 0) is 14.3 Å². The highest BCUT2D eigenvalue weighted by Crippen LogP contribution is 2.29. The zero-order chi connectivity index (χ0) is 21.4. The highest BCUT2D eigenvalue weighted by atomic mass is 19.4. The summed E-state index contributed by atoms with van der Waals surface area (Å²) in [6.45, 7) is 2.13. The molecule has 0 saturated carbocycles. The third-order valence-electron chi connectivity index (χ3n) is 4.69. The van der Waals surface area contributed by atoms with Gasteiger partial charge in [0.2, 0.25) is 0 Å². The monoisotopic (exact) mass is 422 g/mol. The van der Waals surface area contributed by atoms with Crippen LogP contribution in [0.5, 0.6) is 5.75 Å². The number of anilines is 1. The number of ether oxygens (including phenoxy) is 3. The second kappa shape index (κ2) is 10.7. The molecule has 1 aliphatic heterocycles. The van der Waals surface area contributed by atoms with E-state index in [0.717, 1.165) is 44.1 Å². The zero-order valence-electron chi connectivity index (χ0n) is 16.5. The summed E-state index contributed by atoms with van der Waals surface area (Å²) >= 11 is 0. The van der Waals surface area contributed by atoms with Crippen LogP contribution in [0.25, 0.3) is 0 Å². The number of piperidine rings is 1. The van der Waals surface area contributed by atoms with Crippen molar-refractivity contribution in [2.24, 2.45) is 0 Å². The SMILES string of the molecule is COC(CN(C(=O)C(F)(F)F)c1ccc(F)c(OCCN2CCCCC2)c1)OC. The van der Waals surface area contributed by atoms with Crippen molar-refractivity contribution in [1.29, 1.82) is 0 Å². The molecule has 0 bridgehead atoms. The van der Waals surface area contributed by atoms with Crippen LogP contribution in [0.15, 0.2) is 18.2 Å². The van der Waals surface area contributed by atoms with Crippen LogP contribution in [0, 0.1) is 5.82 Å². The van der Waals surface area contributed by atoms with Crippen molar-refractivity contribution in [3.8, 4) is 5.75 Å². The second-order valence-electron chi connectivity index (χ2n) is 6.68. The van der Waals surface area contributed by atoms with Crippen LogP contribution in [0.1, 0.15) is 19.3 Å². The molecule has 10 heteroatoms. The summed E-state index contributed by atoms with van der Waals surface area (Å²) in [6.07, 6.45) is -2.83. The Hall–Kier alpha value is -1.91. The largest absolute Gasteiger partial charge is 0.489 e. The molecular weight excluding hydrogens is 396 g/mol. The van der Waals surface area contributed by atoms with E-state index in [0.29, 0.717) is 11.4 Å². The van der Waals surface area contributed by atoms with Gasteiger partial charge in [-0.2, -0.15) is 13.2 Å². The molecule has 0 N–H and O–H groups in total. The second-order valence-corrected chi connectivity index (χ2v) is 6.68. The molecule has 1 aliphatic rings. The molecule has 0 radical (unpaired) electrons. The average molecular weight is 422 g/mol. The van der Waals surface area contributed by atoms with E-state index in [1.54, 1.807) is 0 Å². The highest BCUT2D eigenvalue weighted by molar-refractivity contribution is 5.97. The van der Waals surface area contributed by atoms with Gasteiger partial charge < -0.3 is 14.2 Å². The summed E-state index contributed by atoms with van der Waals surface area (Å²) in [4.78, 5) is 14.5. The fourth-order valence-corrected chi connectivity index (χ4v) is 3.09. The lowest BCUT2D eigenvalue weighted by Crippen LogP contribution is -2.45. The smallest absolute Gasteiger partial charge is 0.471 e. The van der Waals surface area contributed by atoms with E-state index in [-0.39, 0.29) is 18.0 Å². The van der Waals surface area contributed by atoms with Crippen molar-refractivity contribution < 1.29 is 36.6 Å². The molecule has 1 aromatic carbocycles. The van der Waals surface area contributed by atoms with Crippen molar-refractivity contribution >= 4 is 11.6 Å². The first-order valence-corrected chi connectivity index (χ1v) is 9.35. The number of likely N-dealkylation sites (tertiary alicyclic amines) is 1. The first-order valence-electron chi connectivity index (χ1n) is 9.35. The minimum Gasteiger partial charge on any atom is -0.489 e. The minimum atomic E-state index is -5.12. The predicted molar refractivity (Wildman–Crippen MR) is 98.4 cm³/mol. The Morgan fingerprint density at radius 3 is 2.41 bits per heavy atom. The zero-order valence-corrected chi connectivity index (χ0v) is 16.5. The summed E-state index contributed by atoms with van der Waals surface area (Å²) in [5, 5.41) is 0. The Labute approximate surface area is 167 Å². The number of alkyl halides is 3. The van der Waals surface area contributed by atoms with E-state index in [1.807, 2.05) is 0 Å². The molecular formula is C19H26F4N2O4. The van der Waals surface area contributed by atoms with Crippen molar-refractivity contribution in [2.45, 2.75) is 31.7 Å². The standard InChI is InChI=1S/C19H26F4N2O4/c1-27-17(28-2)13-25(18(26)19(21,22)23)14-6-7-15(20)16(12-14)29-11-10-24-8-4-3-5-9-24/h6-7,12,17H,3-5,8-11,13H2,1-2H3. The Bertz CT molecular complexity index is 662. The van der Waals surface area contributed by atoms with E-state index >= 15 is 0 Å². The van der Waals surface area contributed by atoms with Crippen LogP contribution < -0.4 is 9.64 Å². The number of carbonyl (C=O) groups excluding carboxylic acids is 1. The van der Waals surface area contributed by atoms with E-state index in [2.05, 4.69) is 4.90 Å². The molecule has 0 aliphatic carbocycles. The van der Waals surface area contributed by atoms with E-state index < -0.39 is 30.7 Å². The third-order valence-corrected chi connectivity index (χ3v) is 4.69. The van der Waals surface area contributed by atoms with Crippen LogP contribution >= 0.6 is 0 Å². The molecule has 1 heterocycles. The minimum absolute atomic E-state index is 0.166. The number of rotatable bonds is 9. The Balaban J connectivity index is 2.15. The van der Waals surface area contributed by atoms with Gasteiger partial charge in [0.1, 0.15) is 6.61 Å². The number of methoxy groups -OCH3 is 2. The summed E-state index contributed by atoms with van der Waals surface area (Å²) in [5.41, 5.74) is -0.166. The topological polar surface area (TPSA) is 51.2 Å². The normalized spacial score (nSPS) is 15.6. The Morgan fingerprint density at radius 1 is 1.17 bits per heavy atom. The van der Waals surface area contributed by atoms with Crippen molar-refractivity contribution in [2.75, 3.05) is 51.9 Å². The van der Waals surface area contributed by atoms with Crippen LogP contribution in [-0.4, -0.2) is 70.3 Å². The first kappa shape index (κ1) is 23.4.